The standard InChI is InChI=1S/C13H11F3N2O/c1-8-4-2-6-10(17)11(8)19-12-9(13(14,15)16)5-3-7-18-12/h2-7H,17H2,1H3. The van der Waals surface area contributed by atoms with Gasteiger partial charge >= 0.3 is 6.18 Å². The minimum Gasteiger partial charge on any atom is -0.436 e. The van der Waals surface area contributed by atoms with Crippen molar-refractivity contribution < 1.29 is 17.9 Å². The van der Waals surface area contributed by atoms with Gasteiger partial charge in [-0.05, 0) is 30.7 Å². The highest BCUT2D eigenvalue weighted by Crippen LogP contribution is 2.38. The molecule has 0 fully saturated rings. The lowest BCUT2D eigenvalue weighted by atomic mass is 10.2. The largest absolute Gasteiger partial charge is 0.436 e. The number of aryl methyl sites for hydroxylation is 1. The van der Waals surface area contributed by atoms with E-state index in [1.165, 1.54) is 12.3 Å². The zero-order chi connectivity index (χ0) is 14.0. The van der Waals surface area contributed by atoms with Crippen LogP contribution in [-0.4, -0.2) is 4.98 Å². The molecular weight excluding hydrogens is 257 g/mol. The Morgan fingerprint density at radius 1 is 1.16 bits per heavy atom. The lowest BCUT2D eigenvalue weighted by Crippen LogP contribution is -2.08. The SMILES string of the molecule is Cc1cccc(N)c1Oc1ncccc1C(F)(F)F. The zero-order valence-electron chi connectivity index (χ0n) is 10.0. The van der Waals surface area contributed by atoms with E-state index in [0.29, 0.717) is 5.56 Å². The predicted molar refractivity (Wildman–Crippen MR) is 64.9 cm³/mol. The first-order chi connectivity index (χ1) is 8.89. The summed E-state index contributed by atoms with van der Waals surface area (Å²) in [6.07, 6.45) is -3.29. The third-order valence-corrected chi connectivity index (χ3v) is 2.52. The van der Waals surface area contributed by atoms with Crippen LogP contribution in [0.25, 0.3) is 0 Å². The Labute approximate surface area is 107 Å². The summed E-state index contributed by atoms with van der Waals surface area (Å²) < 4.78 is 43.6. The van der Waals surface area contributed by atoms with Crippen LogP contribution in [0, 0.1) is 6.92 Å². The molecule has 0 radical (unpaired) electrons. The number of pyridine rings is 1. The second-order valence-electron chi connectivity index (χ2n) is 3.95. The molecule has 0 saturated carbocycles. The molecule has 1 aromatic carbocycles. The van der Waals surface area contributed by atoms with Crippen molar-refractivity contribution in [3.05, 3.63) is 47.7 Å². The van der Waals surface area contributed by atoms with Crippen LogP contribution in [0.2, 0.25) is 0 Å². The maximum atomic E-state index is 12.8. The smallest absolute Gasteiger partial charge is 0.421 e. The van der Waals surface area contributed by atoms with Gasteiger partial charge in [0, 0.05) is 6.20 Å². The summed E-state index contributed by atoms with van der Waals surface area (Å²) in [5, 5.41) is 0. The Balaban J connectivity index is 2.45. The second kappa shape index (κ2) is 4.79. The Morgan fingerprint density at radius 3 is 2.53 bits per heavy atom. The number of rotatable bonds is 2. The maximum Gasteiger partial charge on any atom is 0.421 e. The summed E-state index contributed by atoms with van der Waals surface area (Å²) >= 11 is 0. The maximum absolute atomic E-state index is 12.8. The number of aromatic nitrogens is 1. The Bertz CT molecular complexity index is 576. The van der Waals surface area contributed by atoms with Gasteiger partial charge in [0.1, 0.15) is 5.56 Å². The fraction of sp³-hybridized carbons (Fsp3) is 0.154. The van der Waals surface area contributed by atoms with Crippen molar-refractivity contribution >= 4 is 5.69 Å². The fourth-order valence-electron chi connectivity index (χ4n) is 1.60. The summed E-state index contributed by atoms with van der Waals surface area (Å²) in [6, 6.07) is 7.06. The highest BCUT2D eigenvalue weighted by atomic mass is 19.4. The number of hydrogen-bond acceptors (Lipinski definition) is 3. The van der Waals surface area contributed by atoms with E-state index in [1.54, 1.807) is 25.1 Å². The van der Waals surface area contributed by atoms with Crippen LogP contribution in [-0.2, 0) is 6.18 Å². The monoisotopic (exact) mass is 268 g/mol. The first-order valence-corrected chi connectivity index (χ1v) is 5.45. The zero-order valence-corrected chi connectivity index (χ0v) is 10.0. The average molecular weight is 268 g/mol. The Morgan fingerprint density at radius 2 is 1.89 bits per heavy atom. The summed E-state index contributed by atoms with van der Waals surface area (Å²) in [4.78, 5) is 3.62. The number of nitrogen functional groups attached to an aromatic ring is 1. The minimum atomic E-state index is -4.53. The molecule has 2 rings (SSSR count). The normalized spacial score (nSPS) is 11.4. The first-order valence-electron chi connectivity index (χ1n) is 5.45. The molecule has 3 nitrogen and oxygen atoms in total. The fourth-order valence-corrected chi connectivity index (χ4v) is 1.60. The van der Waals surface area contributed by atoms with Gasteiger partial charge in [0.25, 0.3) is 0 Å². The molecule has 0 saturated heterocycles. The van der Waals surface area contributed by atoms with Crippen molar-refractivity contribution in [3.8, 4) is 11.6 Å². The highest BCUT2D eigenvalue weighted by Gasteiger charge is 2.35. The number of ether oxygens (including phenoxy) is 1. The Hall–Kier alpha value is -2.24. The molecule has 1 aromatic heterocycles. The number of hydrogen-bond donors (Lipinski definition) is 1. The van der Waals surface area contributed by atoms with Crippen molar-refractivity contribution in [2.24, 2.45) is 0 Å². The molecule has 0 aliphatic carbocycles. The molecule has 0 aliphatic heterocycles. The third kappa shape index (κ3) is 2.78. The Kier molecular flexibility index (Phi) is 3.33. The van der Waals surface area contributed by atoms with Gasteiger partial charge < -0.3 is 10.5 Å². The van der Waals surface area contributed by atoms with Crippen molar-refractivity contribution in [1.82, 2.24) is 4.98 Å². The van der Waals surface area contributed by atoms with E-state index in [9.17, 15) is 13.2 Å². The number of anilines is 1. The number of halogens is 3. The van der Waals surface area contributed by atoms with Gasteiger partial charge in [-0.3, -0.25) is 0 Å². The van der Waals surface area contributed by atoms with E-state index in [2.05, 4.69) is 4.98 Å². The van der Waals surface area contributed by atoms with Gasteiger partial charge in [0.05, 0.1) is 5.69 Å². The first kappa shape index (κ1) is 13.2. The van der Waals surface area contributed by atoms with Crippen molar-refractivity contribution in [2.45, 2.75) is 13.1 Å². The molecule has 0 atom stereocenters. The van der Waals surface area contributed by atoms with Gasteiger partial charge in [0.15, 0.2) is 5.75 Å². The predicted octanol–water partition coefficient (Wildman–Crippen LogP) is 3.78. The summed E-state index contributed by atoms with van der Waals surface area (Å²) in [5.41, 5.74) is 5.66. The lowest BCUT2D eigenvalue weighted by molar-refractivity contribution is -0.138. The van der Waals surface area contributed by atoms with Gasteiger partial charge in [-0.1, -0.05) is 12.1 Å². The van der Waals surface area contributed by atoms with E-state index in [4.69, 9.17) is 10.5 Å². The minimum absolute atomic E-state index is 0.187. The van der Waals surface area contributed by atoms with Gasteiger partial charge in [-0.2, -0.15) is 13.2 Å². The third-order valence-electron chi connectivity index (χ3n) is 2.52. The van der Waals surface area contributed by atoms with Crippen molar-refractivity contribution in [1.29, 1.82) is 0 Å². The molecule has 2 N–H and O–H groups in total. The van der Waals surface area contributed by atoms with Crippen LogP contribution in [0.5, 0.6) is 11.6 Å². The molecule has 0 bridgehead atoms. The van der Waals surface area contributed by atoms with Crippen LogP contribution in [0.1, 0.15) is 11.1 Å². The van der Waals surface area contributed by atoms with Crippen LogP contribution in [0.15, 0.2) is 36.5 Å². The topological polar surface area (TPSA) is 48.1 Å². The van der Waals surface area contributed by atoms with Crippen molar-refractivity contribution in [3.63, 3.8) is 0 Å². The van der Waals surface area contributed by atoms with E-state index in [-0.39, 0.29) is 11.4 Å². The summed E-state index contributed by atoms with van der Waals surface area (Å²) in [7, 11) is 0. The van der Waals surface area contributed by atoms with Crippen LogP contribution in [0.4, 0.5) is 18.9 Å². The molecule has 100 valence electrons. The number of benzene rings is 1. The number of para-hydroxylation sites is 1. The highest BCUT2D eigenvalue weighted by molar-refractivity contribution is 5.57. The number of alkyl halides is 3. The molecule has 0 unspecified atom stereocenters. The second-order valence-corrected chi connectivity index (χ2v) is 3.95. The van der Waals surface area contributed by atoms with E-state index < -0.39 is 17.6 Å². The van der Waals surface area contributed by atoms with Crippen LogP contribution >= 0.6 is 0 Å². The molecule has 2 aromatic rings. The van der Waals surface area contributed by atoms with Crippen molar-refractivity contribution in [2.75, 3.05) is 5.73 Å². The van der Waals surface area contributed by atoms with E-state index in [1.807, 2.05) is 0 Å². The van der Waals surface area contributed by atoms with Crippen LogP contribution in [0.3, 0.4) is 0 Å². The summed E-state index contributed by atoms with van der Waals surface area (Å²) in [5.74, 6) is -0.317. The van der Waals surface area contributed by atoms with Gasteiger partial charge in [-0.25, -0.2) is 4.98 Å². The molecule has 0 amide bonds. The molecular formula is C13H11F3N2O. The molecule has 19 heavy (non-hydrogen) atoms. The molecule has 6 heteroatoms. The van der Waals surface area contributed by atoms with Crippen LogP contribution < -0.4 is 10.5 Å². The van der Waals surface area contributed by atoms with E-state index >= 15 is 0 Å². The summed E-state index contributed by atoms with van der Waals surface area (Å²) in [6.45, 7) is 1.70. The lowest BCUT2D eigenvalue weighted by Gasteiger charge is -2.14. The van der Waals surface area contributed by atoms with Gasteiger partial charge in [0.2, 0.25) is 5.88 Å². The number of nitrogens with zero attached hydrogens (tertiary/aromatic N) is 1. The van der Waals surface area contributed by atoms with E-state index in [0.717, 1.165) is 6.07 Å². The number of nitrogens with two attached hydrogens (primary N) is 1. The molecule has 0 aliphatic rings. The molecule has 1 heterocycles. The quantitative estimate of drug-likeness (QED) is 0.843. The van der Waals surface area contributed by atoms with Gasteiger partial charge in [-0.15, -0.1) is 0 Å². The average Bonchev–Trinajstić information content (AvgIpc) is 2.33. The molecule has 0 spiro atoms.